The second-order valence-electron chi connectivity index (χ2n) is 8.70. The van der Waals surface area contributed by atoms with E-state index in [9.17, 15) is 14.3 Å². The summed E-state index contributed by atoms with van der Waals surface area (Å²) >= 11 is 1.32. The van der Waals surface area contributed by atoms with Crippen molar-refractivity contribution in [3.8, 4) is 11.3 Å². The highest BCUT2D eigenvalue weighted by Crippen LogP contribution is 2.33. The molecule has 2 N–H and O–H groups in total. The number of H-pyrrole nitrogens is 1. The normalized spacial score (nSPS) is 14.4. The van der Waals surface area contributed by atoms with Crippen LogP contribution in [-0.2, 0) is 5.60 Å². The number of benzene rings is 1. The minimum Gasteiger partial charge on any atom is -0.383 e. The number of nitrogens with one attached hydrogen (secondary N) is 1. The fourth-order valence-corrected chi connectivity index (χ4v) is 4.96. The zero-order valence-corrected chi connectivity index (χ0v) is 19.0. The number of rotatable bonds is 5. The summed E-state index contributed by atoms with van der Waals surface area (Å²) in [5, 5.41) is 13.0. The molecule has 0 spiro atoms. The molecule has 0 saturated carbocycles. The zero-order chi connectivity index (χ0) is 23.3. The number of hydrogen-bond acceptors (Lipinski definition) is 6. The van der Waals surface area contributed by atoms with Gasteiger partial charge in [0.05, 0.1) is 16.9 Å². The minimum atomic E-state index is -1.08. The van der Waals surface area contributed by atoms with E-state index in [1.54, 1.807) is 31.5 Å². The van der Waals surface area contributed by atoms with E-state index >= 15 is 4.39 Å². The first-order chi connectivity index (χ1) is 15.7. The number of halogens is 2. The van der Waals surface area contributed by atoms with Gasteiger partial charge in [-0.1, -0.05) is 0 Å². The lowest BCUT2D eigenvalue weighted by Gasteiger charge is -2.19. The van der Waals surface area contributed by atoms with E-state index < -0.39 is 28.6 Å². The van der Waals surface area contributed by atoms with Crippen LogP contribution in [0.1, 0.15) is 47.6 Å². The number of thiazole rings is 1. The SMILES string of the molecule is CC(C)(O)c1nc(-c2cnc3[nH]cc(C(=O)c4c(F)ccc(N5CCCC5)c4F)c3c2)cs1. The molecule has 0 amide bonds. The molecule has 4 heterocycles. The van der Waals surface area contributed by atoms with Crippen LogP contribution in [-0.4, -0.2) is 38.9 Å². The number of carbonyl (C=O) groups is 1. The van der Waals surface area contributed by atoms with Gasteiger partial charge in [-0.2, -0.15) is 0 Å². The van der Waals surface area contributed by atoms with Crippen molar-refractivity contribution in [1.82, 2.24) is 15.0 Å². The minimum absolute atomic E-state index is 0.133. The lowest BCUT2D eigenvalue weighted by atomic mass is 10.0. The molecule has 33 heavy (non-hydrogen) atoms. The Kier molecular flexibility index (Phi) is 5.25. The maximum Gasteiger partial charge on any atom is 0.201 e. The number of fused-ring (bicyclic) bond motifs is 1. The largest absolute Gasteiger partial charge is 0.383 e. The first-order valence-electron chi connectivity index (χ1n) is 10.7. The number of carbonyl (C=O) groups excluding carboxylic acids is 1. The van der Waals surface area contributed by atoms with Gasteiger partial charge in [-0.15, -0.1) is 11.3 Å². The predicted molar refractivity (Wildman–Crippen MR) is 124 cm³/mol. The summed E-state index contributed by atoms with van der Waals surface area (Å²) in [5.74, 6) is -2.48. The lowest BCUT2D eigenvalue weighted by Crippen LogP contribution is -2.21. The van der Waals surface area contributed by atoms with E-state index in [4.69, 9.17) is 0 Å². The molecule has 1 aliphatic rings. The van der Waals surface area contributed by atoms with Crippen LogP contribution in [0.4, 0.5) is 14.5 Å². The maximum absolute atomic E-state index is 15.3. The third kappa shape index (κ3) is 3.81. The highest BCUT2D eigenvalue weighted by Gasteiger charge is 2.27. The Hall–Kier alpha value is -3.17. The highest BCUT2D eigenvalue weighted by molar-refractivity contribution is 7.10. The van der Waals surface area contributed by atoms with Crippen LogP contribution in [0.15, 0.2) is 36.0 Å². The van der Waals surface area contributed by atoms with Crippen molar-refractivity contribution in [3.63, 3.8) is 0 Å². The van der Waals surface area contributed by atoms with Crippen molar-refractivity contribution in [2.24, 2.45) is 0 Å². The molecule has 4 aromatic rings. The third-order valence-electron chi connectivity index (χ3n) is 5.84. The monoisotopic (exact) mass is 468 g/mol. The molecule has 9 heteroatoms. The quantitative estimate of drug-likeness (QED) is 0.402. The second kappa shape index (κ2) is 8.00. The molecule has 0 bridgehead atoms. The molecule has 0 atom stereocenters. The Morgan fingerprint density at radius 2 is 2.00 bits per heavy atom. The summed E-state index contributed by atoms with van der Waals surface area (Å²) in [6.45, 7) is 4.66. The average Bonchev–Trinajstić information content (AvgIpc) is 3.52. The maximum atomic E-state index is 15.3. The number of anilines is 1. The summed E-state index contributed by atoms with van der Waals surface area (Å²) in [4.78, 5) is 26.9. The van der Waals surface area contributed by atoms with E-state index in [1.165, 1.54) is 23.6 Å². The zero-order valence-electron chi connectivity index (χ0n) is 18.2. The number of pyridine rings is 1. The van der Waals surface area contributed by atoms with E-state index in [1.807, 2.05) is 4.90 Å². The van der Waals surface area contributed by atoms with Crippen molar-refractivity contribution in [1.29, 1.82) is 0 Å². The molecule has 1 saturated heterocycles. The number of ketones is 1. The molecular weight excluding hydrogens is 446 g/mol. The summed E-state index contributed by atoms with van der Waals surface area (Å²) in [7, 11) is 0. The van der Waals surface area contributed by atoms with Crippen LogP contribution in [0.2, 0.25) is 0 Å². The Labute approximate surface area is 192 Å². The smallest absolute Gasteiger partial charge is 0.201 e. The van der Waals surface area contributed by atoms with Crippen molar-refractivity contribution < 1.29 is 18.7 Å². The van der Waals surface area contributed by atoms with Crippen LogP contribution >= 0.6 is 11.3 Å². The summed E-state index contributed by atoms with van der Waals surface area (Å²) in [6, 6.07) is 4.26. The number of aromatic nitrogens is 3. The molecule has 6 nitrogen and oxygen atoms in total. The van der Waals surface area contributed by atoms with Crippen LogP contribution in [0.25, 0.3) is 22.3 Å². The first kappa shape index (κ1) is 21.7. The van der Waals surface area contributed by atoms with E-state index in [0.29, 0.717) is 40.4 Å². The standard InChI is InChI=1S/C24H22F2N4O2S/c1-24(2,32)23-29-17(12-33-23)13-9-14-15(11-28-22(14)27-10-13)21(31)19-16(25)5-6-18(20(19)26)30-7-3-4-8-30/h5-6,9-12,32H,3-4,7-8H2,1-2H3,(H,27,28). The number of aliphatic hydroxyl groups is 1. The van der Waals surface area contributed by atoms with Gasteiger partial charge in [0.2, 0.25) is 5.78 Å². The fourth-order valence-electron chi connectivity index (χ4n) is 4.11. The van der Waals surface area contributed by atoms with Crippen LogP contribution in [0.5, 0.6) is 0 Å². The highest BCUT2D eigenvalue weighted by atomic mass is 32.1. The van der Waals surface area contributed by atoms with Crippen LogP contribution in [0.3, 0.4) is 0 Å². The molecule has 1 fully saturated rings. The van der Waals surface area contributed by atoms with Gasteiger partial charge in [0.1, 0.15) is 22.1 Å². The van der Waals surface area contributed by atoms with Gasteiger partial charge >= 0.3 is 0 Å². The van der Waals surface area contributed by atoms with Crippen LogP contribution < -0.4 is 4.90 Å². The van der Waals surface area contributed by atoms with Gasteiger partial charge in [-0.25, -0.2) is 18.7 Å². The van der Waals surface area contributed by atoms with Gasteiger partial charge in [-0.3, -0.25) is 4.79 Å². The second-order valence-corrected chi connectivity index (χ2v) is 9.56. The third-order valence-corrected chi connectivity index (χ3v) is 7.00. The topological polar surface area (TPSA) is 82.1 Å². The molecule has 1 aromatic carbocycles. The summed E-state index contributed by atoms with van der Waals surface area (Å²) in [5.41, 5.74) is 0.394. The van der Waals surface area contributed by atoms with Gasteiger partial charge < -0.3 is 15.0 Å². The fraction of sp³-hybridized carbons (Fsp3) is 0.292. The van der Waals surface area contributed by atoms with E-state index in [0.717, 1.165) is 18.9 Å². The molecule has 0 aliphatic carbocycles. The van der Waals surface area contributed by atoms with Crippen molar-refractivity contribution in [2.45, 2.75) is 32.3 Å². The van der Waals surface area contributed by atoms with Gasteiger partial charge in [0.15, 0.2) is 5.82 Å². The predicted octanol–water partition coefficient (Wildman–Crippen LogP) is 5.02. The van der Waals surface area contributed by atoms with Crippen LogP contribution in [0, 0.1) is 11.6 Å². The van der Waals surface area contributed by atoms with Crippen molar-refractivity contribution in [2.75, 3.05) is 18.0 Å². The van der Waals surface area contributed by atoms with Crippen molar-refractivity contribution in [3.05, 3.63) is 63.7 Å². The van der Waals surface area contributed by atoms with E-state index in [-0.39, 0.29) is 11.3 Å². The summed E-state index contributed by atoms with van der Waals surface area (Å²) in [6.07, 6.45) is 4.89. The molecule has 5 rings (SSSR count). The number of nitrogens with zero attached hydrogens (tertiary/aromatic N) is 3. The lowest BCUT2D eigenvalue weighted by molar-refractivity contribution is 0.0783. The molecule has 0 unspecified atom stereocenters. The van der Waals surface area contributed by atoms with Crippen molar-refractivity contribution >= 4 is 33.8 Å². The van der Waals surface area contributed by atoms with Gasteiger partial charge in [0, 0.05) is 47.4 Å². The Bertz CT molecular complexity index is 1370. The Morgan fingerprint density at radius 3 is 2.70 bits per heavy atom. The van der Waals surface area contributed by atoms with E-state index in [2.05, 4.69) is 15.0 Å². The molecular formula is C24H22F2N4O2S. The number of aromatic amines is 1. The molecule has 170 valence electrons. The Balaban J connectivity index is 1.57. The van der Waals surface area contributed by atoms with Gasteiger partial charge in [-0.05, 0) is 44.9 Å². The summed E-state index contributed by atoms with van der Waals surface area (Å²) < 4.78 is 30.0. The average molecular weight is 469 g/mol. The Morgan fingerprint density at radius 1 is 1.24 bits per heavy atom. The molecule has 3 aromatic heterocycles. The molecule has 0 radical (unpaired) electrons. The molecule has 1 aliphatic heterocycles. The van der Waals surface area contributed by atoms with Gasteiger partial charge in [0.25, 0.3) is 0 Å². The number of hydrogen-bond donors (Lipinski definition) is 2. The first-order valence-corrected chi connectivity index (χ1v) is 11.6.